The fourth-order valence-corrected chi connectivity index (χ4v) is 1.81. The van der Waals surface area contributed by atoms with Crippen molar-refractivity contribution >= 4 is 11.6 Å². The van der Waals surface area contributed by atoms with E-state index in [-0.39, 0.29) is 0 Å². The minimum atomic E-state index is -2.01. The minimum Gasteiger partial charge on any atom is -0.322 e. The predicted molar refractivity (Wildman–Crippen MR) is 70.0 cm³/mol. The summed E-state index contributed by atoms with van der Waals surface area (Å²) < 4.78 is 52.5. The lowest BCUT2D eigenvalue weighted by molar-refractivity contribution is 0.102. The van der Waals surface area contributed by atoms with Crippen LogP contribution >= 0.6 is 0 Å². The van der Waals surface area contributed by atoms with E-state index < -0.39 is 34.7 Å². The second-order valence-electron chi connectivity index (χ2n) is 4.36. The largest absolute Gasteiger partial charge is 0.322 e. The molecule has 0 saturated heterocycles. The van der Waals surface area contributed by atoms with Gasteiger partial charge in [-0.05, 0) is 30.2 Å². The van der Waals surface area contributed by atoms with Gasteiger partial charge in [0.05, 0.1) is 5.56 Å². The van der Waals surface area contributed by atoms with Crippen molar-refractivity contribution in [2.75, 3.05) is 5.32 Å². The Bertz CT molecular complexity index is 700. The average molecular weight is 297 g/mol. The number of anilines is 1. The zero-order valence-electron chi connectivity index (χ0n) is 11.0. The van der Waals surface area contributed by atoms with E-state index in [4.69, 9.17) is 0 Å². The van der Waals surface area contributed by atoms with Crippen LogP contribution in [-0.4, -0.2) is 5.91 Å². The second kappa shape index (κ2) is 5.95. The van der Waals surface area contributed by atoms with E-state index in [0.717, 1.165) is 12.0 Å². The Morgan fingerprint density at radius 3 is 2.43 bits per heavy atom. The molecule has 0 bridgehead atoms. The standard InChI is InChI=1S/C15H11F4NO/c1-2-8-4-3-5-9(6-8)20-15(21)10-7-11(16)13(18)14(19)12(10)17/h3-7H,2H2,1H3,(H,20,21). The molecule has 2 aromatic carbocycles. The van der Waals surface area contributed by atoms with Gasteiger partial charge in [0.25, 0.3) is 5.91 Å². The zero-order chi connectivity index (χ0) is 15.6. The molecule has 1 amide bonds. The molecular weight excluding hydrogens is 286 g/mol. The summed E-state index contributed by atoms with van der Waals surface area (Å²) in [6.45, 7) is 1.91. The van der Waals surface area contributed by atoms with Crippen LogP contribution in [0.4, 0.5) is 23.2 Å². The normalized spacial score (nSPS) is 10.5. The van der Waals surface area contributed by atoms with Crippen LogP contribution in [0.15, 0.2) is 30.3 Å². The minimum absolute atomic E-state index is 0.326. The molecule has 0 heterocycles. The van der Waals surface area contributed by atoms with Crippen LogP contribution < -0.4 is 5.32 Å². The third kappa shape index (κ3) is 3.04. The SMILES string of the molecule is CCc1cccc(NC(=O)c2cc(F)c(F)c(F)c2F)c1. The molecule has 0 aliphatic rings. The summed E-state index contributed by atoms with van der Waals surface area (Å²) >= 11 is 0. The van der Waals surface area contributed by atoms with Crippen molar-refractivity contribution in [3.63, 3.8) is 0 Å². The maximum atomic E-state index is 13.5. The predicted octanol–water partition coefficient (Wildman–Crippen LogP) is 4.06. The Hall–Kier alpha value is -2.37. The number of hydrogen-bond donors (Lipinski definition) is 1. The quantitative estimate of drug-likeness (QED) is 0.517. The summed E-state index contributed by atoms with van der Waals surface area (Å²) in [6, 6.07) is 7.02. The molecule has 0 aliphatic heterocycles. The maximum absolute atomic E-state index is 13.5. The van der Waals surface area contributed by atoms with Gasteiger partial charge < -0.3 is 5.32 Å². The molecule has 2 aromatic rings. The highest BCUT2D eigenvalue weighted by atomic mass is 19.2. The number of nitrogens with one attached hydrogen (secondary N) is 1. The van der Waals surface area contributed by atoms with E-state index in [1.165, 1.54) is 0 Å². The molecule has 0 aliphatic carbocycles. The Morgan fingerprint density at radius 2 is 1.76 bits per heavy atom. The van der Waals surface area contributed by atoms with Crippen LogP contribution in [0.5, 0.6) is 0 Å². The first kappa shape index (κ1) is 15.0. The summed E-state index contributed by atoms with van der Waals surface area (Å²) in [5, 5.41) is 2.31. The number of carbonyl (C=O) groups is 1. The Morgan fingerprint density at radius 1 is 1.05 bits per heavy atom. The van der Waals surface area contributed by atoms with E-state index in [2.05, 4.69) is 5.32 Å². The molecule has 0 spiro atoms. The van der Waals surface area contributed by atoms with E-state index in [1.807, 2.05) is 13.0 Å². The molecule has 0 unspecified atom stereocenters. The van der Waals surface area contributed by atoms with Gasteiger partial charge in [-0.1, -0.05) is 19.1 Å². The lowest BCUT2D eigenvalue weighted by Crippen LogP contribution is -2.16. The summed E-state index contributed by atoms with van der Waals surface area (Å²) in [6.07, 6.45) is 0.720. The highest BCUT2D eigenvalue weighted by molar-refractivity contribution is 6.04. The van der Waals surface area contributed by atoms with Crippen LogP contribution in [-0.2, 0) is 6.42 Å². The second-order valence-corrected chi connectivity index (χ2v) is 4.36. The summed E-state index contributed by atoms with van der Waals surface area (Å²) in [4.78, 5) is 11.8. The van der Waals surface area contributed by atoms with Gasteiger partial charge in [-0.15, -0.1) is 0 Å². The first-order valence-electron chi connectivity index (χ1n) is 6.17. The van der Waals surface area contributed by atoms with Crippen LogP contribution in [0.3, 0.4) is 0 Å². The Kier molecular flexibility index (Phi) is 4.26. The van der Waals surface area contributed by atoms with Crippen molar-refractivity contribution in [3.05, 3.63) is 64.7 Å². The number of amides is 1. The van der Waals surface area contributed by atoms with Crippen molar-refractivity contribution in [1.82, 2.24) is 0 Å². The van der Waals surface area contributed by atoms with Crippen molar-refractivity contribution in [2.24, 2.45) is 0 Å². The van der Waals surface area contributed by atoms with Crippen LogP contribution in [0.1, 0.15) is 22.8 Å². The lowest BCUT2D eigenvalue weighted by atomic mass is 10.1. The third-order valence-corrected chi connectivity index (χ3v) is 2.94. The molecule has 1 N–H and O–H groups in total. The molecule has 2 rings (SSSR count). The number of rotatable bonds is 3. The number of benzene rings is 2. The van der Waals surface area contributed by atoms with Crippen LogP contribution in [0.2, 0.25) is 0 Å². The Balaban J connectivity index is 2.32. The van der Waals surface area contributed by atoms with Gasteiger partial charge in [-0.25, -0.2) is 17.6 Å². The average Bonchev–Trinajstić information content (AvgIpc) is 2.48. The lowest BCUT2D eigenvalue weighted by Gasteiger charge is -2.08. The Labute approximate surface area is 118 Å². The van der Waals surface area contributed by atoms with Crippen molar-refractivity contribution < 1.29 is 22.4 Å². The number of halogens is 4. The van der Waals surface area contributed by atoms with Gasteiger partial charge in [0.1, 0.15) is 0 Å². The first-order valence-corrected chi connectivity index (χ1v) is 6.17. The van der Waals surface area contributed by atoms with Crippen LogP contribution in [0.25, 0.3) is 0 Å². The summed E-state index contributed by atoms with van der Waals surface area (Å²) in [5.74, 6) is -8.36. The maximum Gasteiger partial charge on any atom is 0.258 e. The monoisotopic (exact) mass is 297 g/mol. The molecule has 21 heavy (non-hydrogen) atoms. The van der Waals surface area contributed by atoms with Gasteiger partial charge >= 0.3 is 0 Å². The van der Waals surface area contributed by atoms with Crippen molar-refractivity contribution in [3.8, 4) is 0 Å². The first-order chi connectivity index (χ1) is 9.93. The van der Waals surface area contributed by atoms with Gasteiger partial charge in [0.2, 0.25) is 0 Å². The third-order valence-electron chi connectivity index (χ3n) is 2.94. The van der Waals surface area contributed by atoms with E-state index in [0.29, 0.717) is 11.8 Å². The number of hydrogen-bond acceptors (Lipinski definition) is 1. The number of aryl methyl sites for hydroxylation is 1. The van der Waals surface area contributed by atoms with E-state index in [1.54, 1.807) is 18.2 Å². The van der Waals surface area contributed by atoms with Crippen molar-refractivity contribution in [2.45, 2.75) is 13.3 Å². The molecule has 2 nitrogen and oxygen atoms in total. The van der Waals surface area contributed by atoms with Crippen LogP contribution in [0, 0.1) is 23.3 Å². The van der Waals surface area contributed by atoms with Gasteiger partial charge in [-0.3, -0.25) is 4.79 Å². The van der Waals surface area contributed by atoms with Gasteiger partial charge in [-0.2, -0.15) is 0 Å². The molecule has 6 heteroatoms. The number of carbonyl (C=O) groups excluding carboxylic acids is 1. The van der Waals surface area contributed by atoms with E-state index in [9.17, 15) is 22.4 Å². The molecular formula is C15H11F4NO. The highest BCUT2D eigenvalue weighted by Crippen LogP contribution is 2.20. The molecule has 0 aromatic heterocycles. The van der Waals surface area contributed by atoms with Gasteiger partial charge in [0, 0.05) is 5.69 Å². The van der Waals surface area contributed by atoms with E-state index >= 15 is 0 Å². The highest BCUT2D eigenvalue weighted by Gasteiger charge is 2.23. The molecule has 0 radical (unpaired) electrons. The molecule has 0 atom stereocenters. The summed E-state index contributed by atoms with van der Waals surface area (Å²) in [5.41, 5.74) is 0.377. The molecule has 110 valence electrons. The molecule has 0 saturated carbocycles. The van der Waals surface area contributed by atoms with Crippen molar-refractivity contribution in [1.29, 1.82) is 0 Å². The fourth-order valence-electron chi connectivity index (χ4n) is 1.81. The molecule has 0 fully saturated rings. The van der Waals surface area contributed by atoms with Gasteiger partial charge in [0.15, 0.2) is 23.3 Å². The topological polar surface area (TPSA) is 29.1 Å². The smallest absolute Gasteiger partial charge is 0.258 e. The summed E-state index contributed by atoms with van der Waals surface area (Å²) in [7, 11) is 0. The fraction of sp³-hybridized carbons (Fsp3) is 0.133. The zero-order valence-corrected chi connectivity index (χ0v) is 11.0.